The molecule has 6 N–H and O–H groups in total. The summed E-state index contributed by atoms with van der Waals surface area (Å²) in [5, 5.41) is 22.3. The van der Waals surface area contributed by atoms with Crippen LogP contribution in [0.4, 0.5) is 0 Å². The van der Waals surface area contributed by atoms with E-state index >= 15 is 0 Å². The lowest BCUT2D eigenvalue weighted by Gasteiger charge is -2.30. The first-order valence-electron chi connectivity index (χ1n) is 9.60. The van der Waals surface area contributed by atoms with E-state index in [1.54, 1.807) is 0 Å². The Kier molecular flexibility index (Phi) is 9.53. The minimum Gasteiger partial charge on any atom is -0.481 e. The molecule has 1 rings (SSSR count). The van der Waals surface area contributed by atoms with Crippen molar-refractivity contribution in [2.45, 2.75) is 64.1 Å². The SMILES string of the molecule is CC(C)CC(NC(=O)C(N)CCC(=O)O)C(=O)N1CCCC1C(=O)NCC(=O)O. The van der Waals surface area contributed by atoms with Crippen molar-refractivity contribution >= 4 is 29.7 Å². The number of nitrogens with two attached hydrogens (primary N) is 1. The van der Waals surface area contributed by atoms with Gasteiger partial charge in [-0.3, -0.25) is 24.0 Å². The third kappa shape index (κ3) is 8.06. The Morgan fingerprint density at radius 2 is 1.79 bits per heavy atom. The zero-order valence-corrected chi connectivity index (χ0v) is 16.7. The second-order valence-corrected chi connectivity index (χ2v) is 7.53. The van der Waals surface area contributed by atoms with Gasteiger partial charge in [-0.1, -0.05) is 13.8 Å². The first kappa shape index (κ1) is 24.3. The van der Waals surface area contributed by atoms with E-state index in [1.807, 2.05) is 13.8 Å². The highest BCUT2D eigenvalue weighted by Crippen LogP contribution is 2.20. The van der Waals surface area contributed by atoms with Crippen LogP contribution < -0.4 is 16.4 Å². The molecule has 11 heteroatoms. The summed E-state index contributed by atoms with van der Waals surface area (Å²) < 4.78 is 0. The summed E-state index contributed by atoms with van der Waals surface area (Å²) in [6, 6.07) is -2.78. The summed E-state index contributed by atoms with van der Waals surface area (Å²) in [5.41, 5.74) is 5.72. The standard InChI is InChI=1S/C18H30N4O7/c1-10(2)8-12(21-16(27)11(19)5-6-14(23)24)18(29)22-7-3-4-13(22)17(28)20-9-15(25)26/h10-13H,3-9,19H2,1-2H3,(H,20,28)(H,21,27)(H,23,24)(H,25,26). The molecular weight excluding hydrogens is 384 g/mol. The van der Waals surface area contributed by atoms with Crippen molar-refractivity contribution in [3.63, 3.8) is 0 Å². The monoisotopic (exact) mass is 414 g/mol. The number of likely N-dealkylation sites (tertiary alicyclic amines) is 1. The normalized spacial score (nSPS) is 18.2. The van der Waals surface area contributed by atoms with E-state index in [9.17, 15) is 24.0 Å². The van der Waals surface area contributed by atoms with Crippen LogP contribution in [0.15, 0.2) is 0 Å². The van der Waals surface area contributed by atoms with Crippen LogP contribution >= 0.6 is 0 Å². The fourth-order valence-electron chi connectivity index (χ4n) is 3.17. The summed E-state index contributed by atoms with van der Waals surface area (Å²) in [4.78, 5) is 60.3. The Morgan fingerprint density at radius 3 is 2.34 bits per heavy atom. The number of carboxylic acids is 2. The van der Waals surface area contributed by atoms with Gasteiger partial charge in [0.15, 0.2) is 0 Å². The summed E-state index contributed by atoms with van der Waals surface area (Å²) in [6.45, 7) is 3.52. The highest BCUT2D eigenvalue weighted by atomic mass is 16.4. The Hall–Kier alpha value is -2.69. The van der Waals surface area contributed by atoms with Gasteiger partial charge in [0.05, 0.1) is 6.04 Å². The van der Waals surface area contributed by atoms with Gasteiger partial charge in [-0.15, -0.1) is 0 Å². The second-order valence-electron chi connectivity index (χ2n) is 7.53. The highest BCUT2D eigenvalue weighted by molar-refractivity contribution is 5.94. The van der Waals surface area contributed by atoms with E-state index < -0.39 is 54.3 Å². The first-order chi connectivity index (χ1) is 13.5. The molecule has 0 aromatic rings. The van der Waals surface area contributed by atoms with E-state index in [-0.39, 0.29) is 18.8 Å². The zero-order valence-electron chi connectivity index (χ0n) is 16.7. The molecule has 3 unspecified atom stereocenters. The van der Waals surface area contributed by atoms with Gasteiger partial charge in [0, 0.05) is 13.0 Å². The van der Waals surface area contributed by atoms with Gasteiger partial charge in [0.25, 0.3) is 0 Å². The molecule has 0 aromatic heterocycles. The van der Waals surface area contributed by atoms with Crippen LogP contribution in [0.2, 0.25) is 0 Å². The molecule has 3 atom stereocenters. The van der Waals surface area contributed by atoms with Crippen LogP contribution in [0.25, 0.3) is 0 Å². The molecule has 1 aliphatic rings. The summed E-state index contributed by atoms with van der Waals surface area (Å²) in [7, 11) is 0. The zero-order chi connectivity index (χ0) is 22.1. The molecule has 1 aliphatic heterocycles. The van der Waals surface area contributed by atoms with Crippen molar-refractivity contribution in [2.24, 2.45) is 11.7 Å². The van der Waals surface area contributed by atoms with Crippen LogP contribution in [0.5, 0.6) is 0 Å². The molecule has 0 aliphatic carbocycles. The average Bonchev–Trinajstić information content (AvgIpc) is 3.12. The van der Waals surface area contributed by atoms with Crippen molar-refractivity contribution in [1.29, 1.82) is 0 Å². The minimum absolute atomic E-state index is 0.0568. The summed E-state index contributed by atoms with van der Waals surface area (Å²) in [5.74, 6) is -3.82. The van der Waals surface area contributed by atoms with Gasteiger partial charge >= 0.3 is 11.9 Å². The lowest BCUT2D eigenvalue weighted by atomic mass is 10.0. The number of hydrogen-bond donors (Lipinski definition) is 5. The molecular formula is C18H30N4O7. The van der Waals surface area contributed by atoms with E-state index in [4.69, 9.17) is 15.9 Å². The van der Waals surface area contributed by atoms with Crippen LogP contribution in [-0.4, -0.2) is 76.0 Å². The second kappa shape index (κ2) is 11.3. The Bertz CT molecular complexity index is 638. The molecule has 164 valence electrons. The number of rotatable bonds is 11. The maximum atomic E-state index is 13.0. The quantitative estimate of drug-likeness (QED) is 0.283. The van der Waals surface area contributed by atoms with Crippen LogP contribution in [0.3, 0.4) is 0 Å². The largest absolute Gasteiger partial charge is 0.481 e. The first-order valence-corrected chi connectivity index (χ1v) is 9.60. The topological polar surface area (TPSA) is 179 Å². The number of amides is 3. The molecule has 0 radical (unpaired) electrons. The van der Waals surface area contributed by atoms with Crippen LogP contribution in [0, 0.1) is 5.92 Å². The summed E-state index contributed by atoms with van der Waals surface area (Å²) >= 11 is 0. The van der Waals surface area contributed by atoms with Gasteiger partial charge in [0.2, 0.25) is 17.7 Å². The molecule has 29 heavy (non-hydrogen) atoms. The number of nitrogens with zero attached hydrogens (tertiary/aromatic N) is 1. The fourth-order valence-corrected chi connectivity index (χ4v) is 3.17. The van der Waals surface area contributed by atoms with Gasteiger partial charge in [0.1, 0.15) is 18.6 Å². The molecule has 1 fully saturated rings. The van der Waals surface area contributed by atoms with E-state index in [2.05, 4.69) is 10.6 Å². The highest BCUT2D eigenvalue weighted by Gasteiger charge is 2.38. The lowest BCUT2D eigenvalue weighted by molar-refractivity contribution is -0.143. The maximum absolute atomic E-state index is 13.0. The van der Waals surface area contributed by atoms with E-state index in [0.29, 0.717) is 25.8 Å². The van der Waals surface area contributed by atoms with E-state index in [1.165, 1.54) is 4.90 Å². The molecule has 3 amide bonds. The van der Waals surface area contributed by atoms with E-state index in [0.717, 1.165) is 0 Å². The molecule has 1 heterocycles. The van der Waals surface area contributed by atoms with Crippen molar-refractivity contribution in [3.05, 3.63) is 0 Å². The lowest BCUT2D eigenvalue weighted by Crippen LogP contribution is -2.56. The van der Waals surface area contributed by atoms with Crippen molar-refractivity contribution in [2.75, 3.05) is 13.1 Å². The third-order valence-electron chi connectivity index (χ3n) is 4.58. The predicted octanol–water partition coefficient (Wildman–Crippen LogP) is -1.10. The number of carbonyl (C=O) groups excluding carboxylic acids is 3. The number of hydrogen-bond acceptors (Lipinski definition) is 6. The third-order valence-corrected chi connectivity index (χ3v) is 4.58. The number of carboxylic acid groups (broad SMARTS) is 2. The predicted molar refractivity (Wildman–Crippen MR) is 102 cm³/mol. The van der Waals surface area contributed by atoms with Crippen LogP contribution in [-0.2, 0) is 24.0 Å². The van der Waals surface area contributed by atoms with Crippen molar-refractivity contribution in [1.82, 2.24) is 15.5 Å². The molecule has 0 spiro atoms. The van der Waals surface area contributed by atoms with Crippen LogP contribution in [0.1, 0.15) is 46.0 Å². The average molecular weight is 414 g/mol. The minimum atomic E-state index is -1.19. The Morgan fingerprint density at radius 1 is 1.14 bits per heavy atom. The summed E-state index contributed by atoms with van der Waals surface area (Å²) in [6.07, 6.45) is 0.967. The number of carbonyl (C=O) groups is 5. The molecule has 0 aromatic carbocycles. The van der Waals surface area contributed by atoms with Crippen molar-refractivity contribution in [3.8, 4) is 0 Å². The van der Waals surface area contributed by atoms with Gasteiger partial charge in [-0.25, -0.2) is 0 Å². The molecule has 1 saturated heterocycles. The Balaban J connectivity index is 2.83. The molecule has 0 saturated carbocycles. The molecule has 11 nitrogen and oxygen atoms in total. The van der Waals surface area contributed by atoms with Gasteiger partial charge < -0.3 is 31.5 Å². The number of nitrogens with one attached hydrogen (secondary N) is 2. The molecule has 0 bridgehead atoms. The maximum Gasteiger partial charge on any atom is 0.322 e. The smallest absolute Gasteiger partial charge is 0.322 e. The van der Waals surface area contributed by atoms with Gasteiger partial charge in [-0.2, -0.15) is 0 Å². The van der Waals surface area contributed by atoms with Gasteiger partial charge in [-0.05, 0) is 31.6 Å². The number of aliphatic carboxylic acids is 2. The fraction of sp³-hybridized carbons (Fsp3) is 0.722. The van der Waals surface area contributed by atoms with Crippen molar-refractivity contribution < 1.29 is 34.2 Å². The Labute approximate surface area is 169 Å².